The third-order valence-electron chi connectivity index (χ3n) is 13.2. The van der Waals surface area contributed by atoms with Crippen LogP contribution in [0.5, 0.6) is 0 Å². The Bertz CT molecular complexity index is 1760. The van der Waals surface area contributed by atoms with E-state index in [2.05, 4.69) is 130 Å². The van der Waals surface area contributed by atoms with Crippen LogP contribution >= 0.6 is 7.82 Å². The second-order valence-electron chi connectivity index (χ2n) is 20.8. The monoisotopic (exact) mass is 1140 g/mol. The predicted octanol–water partition coefficient (Wildman–Crippen LogP) is 19.4. The zero-order valence-electron chi connectivity index (χ0n) is 50.8. The molecule has 3 unspecified atom stereocenters. The molecule has 0 fully saturated rings. The lowest BCUT2D eigenvalue weighted by Crippen LogP contribution is -2.30. The van der Waals surface area contributed by atoms with E-state index >= 15 is 0 Å². The third-order valence-corrected chi connectivity index (χ3v) is 14.1. The fraction of sp³-hybridized carbons (Fsp3) is 0.691. The van der Waals surface area contributed by atoms with Gasteiger partial charge < -0.3 is 24.2 Å². The Hall–Kier alpha value is -3.86. The highest BCUT2D eigenvalue weighted by atomic mass is 31.2. The van der Waals surface area contributed by atoms with E-state index < -0.39 is 57.8 Å². The number of rotatable bonds is 58. The van der Waals surface area contributed by atoms with Crippen molar-refractivity contribution in [1.82, 2.24) is 0 Å². The molecule has 0 rings (SSSR count). The molecule has 3 atom stereocenters. The van der Waals surface area contributed by atoms with Crippen molar-refractivity contribution in [3.63, 3.8) is 0 Å². The Labute approximate surface area is 488 Å². The molecule has 0 bridgehead atoms. The molecule has 0 spiro atoms. The van der Waals surface area contributed by atoms with Crippen molar-refractivity contribution in [1.29, 1.82) is 0 Å². The molecule has 0 aromatic rings. The van der Waals surface area contributed by atoms with Gasteiger partial charge in [0.25, 0.3) is 0 Å². The summed E-state index contributed by atoms with van der Waals surface area (Å²) < 4.78 is 39.6. The molecule has 0 saturated carbocycles. The van der Waals surface area contributed by atoms with E-state index in [-0.39, 0.29) is 25.9 Å². The maximum Gasteiger partial charge on any atom is 0.472 e. The third kappa shape index (κ3) is 58.8. The maximum atomic E-state index is 13.0. The van der Waals surface area contributed by atoms with Crippen molar-refractivity contribution in [3.05, 3.63) is 109 Å². The van der Waals surface area contributed by atoms with Gasteiger partial charge in [-0.15, -0.1) is 0 Å². The largest absolute Gasteiger partial charge is 0.472 e. The zero-order chi connectivity index (χ0) is 58.3. The summed E-state index contributed by atoms with van der Waals surface area (Å²) in [5.74, 6) is -1.54. The van der Waals surface area contributed by atoms with E-state index in [0.29, 0.717) is 19.3 Å². The van der Waals surface area contributed by atoms with Crippen LogP contribution in [-0.4, -0.2) is 66.5 Å². The number of phosphoric acid groups is 1. The molecule has 0 aromatic carbocycles. The summed E-state index contributed by atoms with van der Waals surface area (Å²) in [4.78, 5) is 48.7. The van der Waals surface area contributed by atoms with E-state index in [1.165, 1.54) is 96.3 Å². The van der Waals surface area contributed by atoms with Gasteiger partial charge >= 0.3 is 25.7 Å². The summed E-state index contributed by atoms with van der Waals surface area (Å²) in [7, 11) is -4.78. The van der Waals surface area contributed by atoms with Crippen LogP contribution < -0.4 is 0 Å². The highest BCUT2D eigenvalue weighted by Gasteiger charge is 2.28. The number of unbranched alkanes of at least 4 members (excludes halogenated alkanes) is 23. The first-order valence-corrected chi connectivity index (χ1v) is 33.3. The first kappa shape index (κ1) is 76.1. The molecule has 0 amide bonds. The molecule has 80 heavy (non-hydrogen) atoms. The van der Waals surface area contributed by atoms with Crippen molar-refractivity contribution in [3.8, 4) is 0 Å². The topological polar surface area (TPSA) is 155 Å². The molecule has 0 aromatic heterocycles. The van der Waals surface area contributed by atoms with Gasteiger partial charge in [0.15, 0.2) is 6.10 Å². The summed E-state index contributed by atoms with van der Waals surface area (Å²) in [5.41, 5.74) is 0. The lowest BCUT2D eigenvalue weighted by atomic mass is 10.0. The van der Waals surface area contributed by atoms with Crippen LogP contribution in [0.3, 0.4) is 0 Å². The Morgan fingerprint density at radius 3 is 1.02 bits per heavy atom. The standard InChI is InChI=1S/C68H115O11P/c1-4-7-10-13-16-19-22-25-28-30-32-34-37-39-42-45-48-51-54-57-66(70)75-61-65(79-68(72)59-56-53-50-47-44-41-38-35-33-31-29-26-23-20-17-14-11-8-5-2)63-77-80(73,74)76-62-64(60-69)78-67(71)58-55-52-49-46-43-40-36-27-24-21-18-15-12-9-6-3/h7,9-10,12,16,18-19,21,25,27-28,32,34,36,39,42-43,46,64-65,69H,4-6,8,11,13-15,17,20,22-24,26,29-31,33,35,37-38,40-41,44-45,47-63H2,1-3H3,(H,73,74)/b10-7-,12-9-,19-16-,21-18-,28-25-,34-32-,36-27-,42-39-,46-43-. The van der Waals surface area contributed by atoms with Crippen LogP contribution in [0.4, 0.5) is 0 Å². The van der Waals surface area contributed by atoms with Gasteiger partial charge in [0.05, 0.1) is 19.8 Å². The first-order chi connectivity index (χ1) is 39.2. The van der Waals surface area contributed by atoms with E-state index in [9.17, 15) is 28.9 Å². The Balaban J connectivity index is 4.80. The SMILES string of the molecule is CC/C=C\C/C=C\C/C=C\C/C=C\C/C=C\CCCCCC(=O)OCC(COP(=O)(O)OCC(CO)OC(=O)CCCC/C=C\C/C=C\C/C=C\C/C=C\CC)OC(=O)CCCCCCCCCCCCCCCCCCCCC. The number of aliphatic hydroxyl groups is 1. The number of phosphoric ester groups is 1. The number of carbonyl (C=O) groups is 3. The number of allylic oxidation sites excluding steroid dienone is 18. The number of hydrogen-bond donors (Lipinski definition) is 2. The Morgan fingerprint density at radius 1 is 0.362 bits per heavy atom. The van der Waals surface area contributed by atoms with Crippen LogP contribution in [0.25, 0.3) is 0 Å². The lowest BCUT2D eigenvalue weighted by molar-refractivity contribution is -0.161. The lowest BCUT2D eigenvalue weighted by Gasteiger charge is -2.21. The van der Waals surface area contributed by atoms with Crippen molar-refractivity contribution >= 4 is 25.7 Å². The summed E-state index contributed by atoms with van der Waals surface area (Å²) >= 11 is 0. The van der Waals surface area contributed by atoms with Crippen LogP contribution in [0, 0.1) is 0 Å². The minimum atomic E-state index is -4.78. The number of ether oxygens (including phenoxy) is 3. The number of hydrogen-bond acceptors (Lipinski definition) is 10. The number of carbonyl (C=O) groups excluding carboxylic acids is 3. The van der Waals surface area contributed by atoms with Gasteiger partial charge in [-0.1, -0.05) is 252 Å². The fourth-order valence-corrected chi connectivity index (χ4v) is 9.22. The van der Waals surface area contributed by atoms with E-state index in [1.54, 1.807) is 0 Å². The van der Waals surface area contributed by atoms with Crippen molar-refractivity contribution in [2.75, 3.05) is 26.4 Å². The van der Waals surface area contributed by atoms with E-state index in [0.717, 1.165) is 109 Å². The average molecular weight is 1140 g/mol. The van der Waals surface area contributed by atoms with Crippen LogP contribution in [0.1, 0.15) is 265 Å². The number of esters is 3. The highest BCUT2D eigenvalue weighted by Crippen LogP contribution is 2.43. The van der Waals surface area contributed by atoms with Crippen LogP contribution in [-0.2, 0) is 42.2 Å². The summed E-state index contributed by atoms with van der Waals surface area (Å²) in [6.45, 7) is 4.36. The molecule has 12 heteroatoms. The summed E-state index contributed by atoms with van der Waals surface area (Å²) in [6.07, 6.45) is 74.8. The van der Waals surface area contributed by atoms with Gasteiger partial charge in [-0.05, 0) is 103 Å². The van der Waals surface area contributed by atoms with Gasteiger partial charge in [0, 0.05) is 19.3 Å². The van der Waals surface area contributed by atoms with E-state index in [4.69, 9.17) is 23.3 Å². The predicted molar refractivity (Wildman–Crippen MR) is 334 cm³/mol. The molecular weight excluding hydrogens is 1020 g/mol. The van der Waals surface area contributed by atoms with Crippen molar-refractivity contribution in [2.45, 2.75) is 277 Å². The normalized spacial score (nSPS) is 14.0. The molecule has 11 nitrogen and oxygen atoms in total. The molecule has 0 saturated heterocycles. The smallest absolute Gasteiger partial charge is 0.462 e. The second-order valence-corrected chi connectivity index (χ2v) is 22.3. The minimum absolute atomic E-state index is 0.119. The zero-order valence-corrected chi connectivity index (χ0v) is 51.7. The van der Waals surface area contributed by atoms with Gasteiger partial charge in [0.2, 0.25) is 0 Å². The Kier molecular flexibility index (Phi) is 58.3. The fourth-order valence-electron chi connectivity index (χ4n) is 8.43. The van der Waals surface area contributed by atoms with Crippen molar-refractivity contribution < 1.29 is 52.2 Å². The van der Waals surface area contributed by atoms with E-state index in [1.807, 2.05) is 0 Å². The molecule has 0 aliphatic heterocycles. The molecule has 0 aliphatic carbocycles. The quantitative estimate of drug-likeness (QED) is 0.0197. The Morgan fingerprint density at radius 2 is 0.650 bits per heavy atom. The number of aliphatic hydroxyl groups excluding tert-OH is 1. The molecule has 2 N–H and O–H groups in total. The maximum absolute atomic E-state index is 13.0. The van der Waals surface area contributed by atoms with Crippen molar-refractivity contribution in [2.24, 2.45) is 0 Å². The average Bonchev–Trinajstić information content (AvgIpc) is 3.45. The summed E-state index contributed by atoms with van der Waals surface area (Å²) in [5, 5.41) is 9.84. The van der Waals surface area contributed by atoms with Crippen LogP contribution in [0.2, 0.25) is 0 Å². The van der Waals surface area contributed by atoms with Gasteiger partial charge in [-0.3, -0.25) is 23.4 Å². The first-order valence-electron chi connectivity index (χ1n) is 31.8. The van der Waals surface area contributed by atoms with Gasteiger partial charge in [0.1, 0.15) is 12.7 Å². The molecule has 0 heterocycles. The minimum Gasteiger partial charge on any atom is -0.462 e. The van der Waals surface area contributed by atoms with Gasteiger partial charge in [-0.2, -0.15) is 0 Å². The van der Waals surface area contributed by atoms with Crippen LogP contribution in [0.15, 0.2) is 109 Å². The molecular formula is C68H115O11P. The summed E-state index contributed by atoms with van der Waals surface area (Å²) in [6, 6.07) is 0. The molecule has 0 aliphatic rings. The highest BCUT2D eigenvalue weighted by molar-refractivity contribution is 7.47. The van der Waals surface area contributed by atoms with Gasteiger partial charge in [-0.25, -0.2) is 4.57 Å². The molecule has 0 radical (unpaired) electrons. The molecule has 458 valence electrons. The second kappa shape index (κ2) is 61.2.